The predicted molar refractivity (Wildman–Crippen MR) is 168 cm³/mol. The summed E-state index contributed by atoms with van der Waals surface area (Å²) in [6.07, 6.45) is 0. The largest absolute Gasteiger partial charge is 0.457 e. The number of fused-ring (bicyclic) bond motifs is 2. The van der Waals surface area contributed by atoms with Crippen molar-refractivity contribution in [2.45, 2.75) is 19.8 Å². The van der Waals surface area contributed by atoms with Crippen molar-refractivity contribution in [1.82, 2.24) is 5.32 Å². The van der Waals surface area contributed by atoms with Crippen LogP contribution in [0.15, 0.2) is 109 Å². The van der Waals surface area contributed by atoms with E-state index in [9.17, 15) is 19.2 Å². The van der Waals surface area contributed by atoms with Gasteiger partial charge in [-0.15, -0.1) is 0 Å². The van der Waals surface area contributed by atoms with Gasteiger partial charge in [-0.3, -0.25) is 24.5 Å². The number of hydrogen-bond acceptors (Lipinski definition) is 6. The molecule has 2 aliphatic rings. The maximum absolute atomic E-state index is 13.3. The zero-order valence-electron chi connectivity index (χ0n) is 24.4. The molecular formula is C37H26N2O6. The zero-order chi connectivity index (χ0) is 31.2. The van der Waals surface area contributed by atoms with Crippen LogP contribution in [-0.4, -0.2) is 23.6 Å². The number of carbonyl (C=O) groups is 4. The molecule has 0 radical (unpaired) electrons. The molecule has 45 heavy (non-hydrogen) atoms. The fraction of sp³-hybridized carbons (Fsp3) is 0.0811. The molecule has 2 aliphatic heterocycles. The van der Waals surface area contributed by atoms with Gasteiger partial charge >= 0.3 is 0 Å². The van der Waals surface area contributed by atoms with Gasteiger partial charge in [-0.2, -0.15) is 0 Å². The molecule has 0 aromatic heterocycles. The topological polar surface area (TPSA) is 102 Å². The molecule has 0 unspecified atom stereocenters. The highest BCUT2D eigenvalue weighted by atomic mass is 16.5. The number of nitrogens with one attached hydrogen (secondary N) is 1. The average Bonchev–Trinajstić information content (AvgIpc) is 3.47. The van der Waals surface area contributed by atoms with E-state index in [-0.39, 0.29) is 17.7 Å². The van der Waals surface area contributed by atoms with Crippen LogP contribution in [0, 0.1) is 0 Å². The molecular weight excluding hydrogens is 568 g/mol. The van der Waals surface area contributed by atoms with Crippen LogP contribution >= 0.6 is 0 Å². The van der Waals surface area contributed by atoms with E-state index in [4.69, 9.17) is 9.47 Å². The Kier molecular flexibility index (Phi) is 6.74. The van der Waals surface area contributed by atoms with E-state index in [0.717, 1.165) is 16.7 Å². The van der Waals surface area contributed by atoms with E-state index in [1.165, 1.54) is 4.90 Å². The van der Waals surface area contributed by atoms with Gasteiger partial charge in [-0.05, 0) is 95.4 Å². The third-order valence-corrected chi connectivity index (χ3v) is 7.87. The van der Waals surface area contributed by atoms with E-state index < -0.39 is 11.8 Å². The highest BCUT2D eigenvalue weighted by Gasteiger charge is 2.37. The van der Waals surface area contributed by atoms with Crippen molar-refractivity contribution >= 4 is 29.3 Å². The number of rotatable bonds is 7. The monoisotopic (exact) mass is 594 g/mol. The molecule has 5 aromatic carbocycles. The Bertz CT molecular complexity index is 2030. The lowest BCUT2D eigenvalue weighted by Crippen LogP contribution is -2.29. The number of carbonyl (C=O) groups excluding carboxylic acids is 4. The van der Waals surface area contributed by atoms with Crippen LogP contribution in [0.2, 0.25) is 0 Å². The summed E-state index contributed by atoms with van der Waals surface area (Å²) in [6.45, 7) is 4.13. The Morgan fingerprint density at radius 1 is 0.533 bits per heavy atom. The minimum absolute atomic E-state index is 0.266. The number of anilines is 1. The average molecular weight is 595 g/mol. The molecule has 7 rings (SSSR count). The Morgan fingerprint density at radius 2 is 1.04 bits per heavy atom. The maximum atomic E-state index is 13.3. The van der Waals surface area contributed by atoms with Crippen molar-refractivity contribution in [1.29, 1.82) is 0 Å². The van der Waals surface area contributed by atoms with Crippen LogP contribution in [0.4, 0.5) is 5.69 Å². The van der Waals surface area contributed by atoms with Crippen LogP contribution in [0.5, 0.6) is 23.0 Å². The first-order valence-corrected chi connectivity index (χ1v) is 14.4. The number of benzene rings is 5. The first kappa shape index (κ1) is 27.8. The van der Waals surface area contributed by atoms with Gasteiger partial charge in [0.05, 0.1) is 27.9 Å². The maximum Gasteiger partial charge on any atom is 0.266 e. The molecule has 0 bridgehead atoms. The van der Waals surface area contributed by atoms with Crippen molar-refractivity contribution in [3.8, 4) is 34.1 Å². The summed E-state index contributed by atoms with van der Waals surface area (Å²) in [6, 6.07) is 32.2. The van der Waals surface area contributed by atoms with Gasteiger partial charge in [0, 0.05) is 0 Å². The highest BCUT2D eigenvalue weighted by Crippen LogP contribution is 2.34. The third-order valence-electron chi connectivity index (χ3n) is 7.87. The summed E-state index contributed by atoms with van der Waals surface area (Å²) in [4.78, 5) is 51.4. The standard InChI is InChI=1S/C37H26N2O6/c1-21(2)24-4-3-5-25(18-24)39-36(42)31-17-15-29(20-33(31)37(39)43)45-27-12-8-23(9-13-27)22-6-10-26(11-7-22)44-28-14-16-30-32(19-28)35(41)38-34(30)40/h3-21H,1-2H3,(H,38,40,41). The number of hydrogen-bond donors (Lipinski definition) is 1. The van der Waals surface area contributed by atoms with Crippen LogP contribution in [0.3, 0.4) is 0 Å². The van der Waals surface area contributed by atoms with Crippen LogP contribution in [0.1, 0.15) is 66.8 Å². The lowest BCUT2D eigenvalue weighted by atomic mass is 10.0. The second-order valence-corrected chi connectivity index (χ2v) is 11.1. The molecule has 220 valence electrons. The van der Waals surface area contributed by atoms with Crippen molar-refractivity contribution in [3.63, 3.8) is 0 Å². The summed E-state index contributed by atoms with van der Waals surface area (Å²) in [5.41, 5.74) is 4.80. The van der Waals surface area contributed by atoms with Gasteiger partial charge in [0.2, 0.25) is 0 Å². The number of amides is 4. The summed E-state index contributed by atoms with van der Waals surface area (Å²) < 4.78 is 11.9. The van der Waals surface area contributed by atoms with Gasteiger partial charge in [-0.25, -0.2) is 4.90 Å². The first-order valence-electron chi connectivity index (χ1n) is 14.4. The molecule has 2 heterocycles. The Labute approximate surface area is 258 Å². The van der Waals surface area contributed by atoms with Gasteiger partial charge in [0.15, 0.2) is 0 Å². The SMILES string of the molecule is CC(C)c1cccc(N2C(=O)c3ccc(Oc4ccc(-c5ccc(Oc6ccc7c(c6)C(=O)NC7=O)cc5)cc4)cc3C2=O)c1. The lowest BCUT2D eigenvalue weighted by molar-refractivity contribution is 0.0874. The van der Waals surface area contributed by atoms with E-state index in [0.29, 0.717) is 50.9 Å². The fourth-order valence-corrected chi connectivity index (χ4v) is 5.45. The zero-order valence-corrected chi connectivity index (χ0v) is 24.4. The smallest absolute Gasteiger partial charge is 0.266 e. The normalized spacial score (nSPS) is 13.6. The molecule has 0 spiro atoms. The molecule has 0 fully saturated rings. The molecule has 0 saturated carbocycles. The Balaban J connectivity index is 1.03. The molecule has 0 aliphatic carbocycles. The quantitative estimate of drug-likeness (QED) is 0.193. The van der Waals surface area contributed by atoms with Crippen molar-refractivity contribution in [3.05, 3.63) is 137 Å². The predicted octanol–water partition coefficient (Wildman–Crippen LogP) is 7.75. The minimum Gasteiger partial charge on any atom is -0.457 e. The Hall–Kier alpha value is -6.02. The van der Waals surface area contributed by atoms with Gasteiger partial charge in [0.1, 0.15) is 23.0 Å². The molecule has 8 heteroatoms. The molecule has 0 atom stereocenters. The van der Waals surface area contributed by atoms with E-state index in [1.807, 2.05) is 66.7 Å². The van der Waals surface area contributed by atoms with Crippen molar-refractivity contribution < 1.29 is 28.7 Å². The summed E-state index contributed by atoms with van der Waals surface area (Å²) in [5.74, 6) is 0.779. The third kappa shape index (κ3) is 5.12. The summed E-state index contributed by atoms with van der Waals surface area (Å²) in [7, 11) is 0. The Morgan fingerprint density at radius 3 is 1.64 bits per heavy atom. The molecule has 1 N–H and O–H groups in total. The molecule has 0 saturated heterocycles. The summed E-state index contributed by atoms with van der Waals surface area (Å²) >= 11 is 0. The van der Waals surface area contributed by atoms with Gasteiger partial charge in [0.25, 0.3) is 23.6 Å². The van der Waals surface area contributed by atoms with Crippen LogP contribution in [0.25, 0.3) is 11.1 Å². The first-order chi connectivity index (χ1) is 21.7. The molecule has 4 amide bonds. The van der Waals surface area contributed by atoms with Crippen molar-refractivity contribution in [2.75, 3.05) is 4.90 Å². The number of nitrogens with zero attached hydrogens (tertiary/aromatic N) is 1. The second-order valence-electron chi connectivity index (χ2n) is 11.1. The second kappa shape index (κ2) is 10.9. The fourth-order valence-electron chi connectivity index (χ4n) is 5.45. The van der Waals surface area contributed by atoms with E-state index >= 15 is 0 Å². The van der Waals surface area contributed by atoms with E-state index in [2.05, 4.69) is 19.2 Å². The summed E-state index contributed by atoms with van der Waals surface area (Å²) in [5, 5.41) is 2.27. The molecule has 8 nitrogen and oxygen atoms in total. The lowest BCUT2D eigenvalue weighted by Gasteiger charge is -2.16. The highest BCUT2D eigenvalue weighted by molar-refractivity contribution is 6.34. The van der Waals surface area contributed by atoms with Gasteiger partial charge in [-0.1, -0.05) is 50.2 Å². The van der Waals surface area contributed by atoms with Gasteiger partial charge < -0.3 is 9.47 Å². The minimum atomic E-state index is -0.433. The van der Waals surface area contributed by atoms with Crippen LogP contribution in [-0.2, 0) is 0 Å². The number of imide groups is 2. The van der Waals surface area contributed by atoms with Crippen LogP contribution < -0.4 is 19.7 Å². The van der Waals surface area contributed by atoms with E-state index in [1.54, 1.807) is 42.5 Å². The van der Waals surface area contributed by atoms with Crippen molar-refractivity contribution in [2.24, 2.45) is 0 Å². The molecule has 5 aromatic rings. The number of ether oxygens (including phenoxy) is 2.